The van der Waals surface area contributed by atoms with Gasteiger partial charge in [-0.3, -0.25) is 14.4 Å². The predicted molar refractivity (Wildman–Crippen MR) is 220 cm³/mol. The normalized spacial score (nSPS) is 11.9. The number of hydrogen-bond donors (Lipinski definition) is 0. The van der Waals surface area contributed by atoms with Gasteiger partial charge in [0.15, 0.2) is 6.10 Å². The van der Waals surface area contributed by atoms with Gasteiger partial charge in [-0.2, -0.15) is 0 Å². The first-order chi connectivity index (χ1) is 25.4. The summed E-state index contributed by atoms with van der Waals surface area (Å²) in [6.45, 7) is 8.92. The van der Waals surface area contributed by atoms with Gasteiger partial charge < -0.3 is 14.2 Å². The molecule has 0 fully saturated rings. The summed E-state index contributed by atoms with van der Waals surface area (Å²) in [4.78, 5) is 37.5. The standard InChI is InChI=1S/C46H88O6/c1-5-7-9-11-12-13-14-15-16-21-24-27-31-35-39-46(49)52-43(40-50-44(47)37-33-28-10-8-6-2)41-51-45(48)38-34-30-26-23-20-18-17-19-22-25-29-32-36-42(3)4/h42-43H,5-41H2,1-4H3/t43-/m0/s1. The summed E-state index contributed by atoms with van der Waals surface area (Å²) in [6.07, 6.45) is 39.7. The Labute approximate surface area is 323 Å². The molecule has 0 aromatic rings. The molecule has 0 rings (SSSR count). The fourth-order valence-corrected chi connectivity index (χ4v) is 6.80. The van der Waals surface area contributed by atoms with Crippen molar-refractivity contribution in [1.29, 1.82) is 0 Å². The molecule has 6 heteroatoms. The van der Waals surface area contributed by atoms with Crippen LogP contribution in [-0.2, 0) is 28.6 Å². The minimum absolute atomic E-state index is 0.0647. The minimum atomic E-state index is -0.757. The Bertz CT molecular complexity index is 781. The number of ether oxygens (including phenoxy) is 3. The van der Waals surface area contributed by atoms with Gasteiger partial charge in [-0.15, -0.1) is 0 Å². The molecule has 0 saturated heterocycles. The van der Waals surface area contributed by atoms with Crippen LogP contribution in [0, 0.1) is 5.92 Å². The molecule has 0 aromatic heterocycles. The Morgan fingerprint density at radius 1 is 0.365 bits per heavy atom. The SMILES string of the molecule is CCCCCCCCCCCCCCCCC(=O)O[C@@H](COC(=O)CCCCCCC)COC(=O)CCCCCCCCCCCCCCC(C)C. The van der Waals surface area contributed by atoms with Gasteiger partial charge in [-0.1, -0.05) is 214 Å². The van der Waals surface area contributed by atoms with E-state index < -0.39 is 6.10 Å². The molecule has 0 spiro atoms. The molecule has 0 aromatic carbocycles. The van der Waals surface area contributed by atoms with E-state index in [1.807, 2.05) is 0 Å². The summed E-state index contributed by atoms with van der Waals surface area (Å²) < 4.78 is 16.6. The van der Waals surface area contributed by atoms with Crippen LogP contribution in [0.3, 0.4) is 0 Å². The molecule has 0 N–H and O–H groups in total. The Morgan fingerprint density at radius 3 is 0.942 bits per heavy atom. The Morgan fingerprint density at radius 2 is 0.635 bits per heavy atom. The highest BCUT2D eigenvalue weighted by atomic mass is 16.6. The van der Waals surface area contributed by atoms with E-state index in [-0.39, 0.29) is 31.1 Å². The lowest BCUT2D eigenvalue weighted by Crippen LogP contribution is -2.30. The lowest BCUT2D eigenvalue weighted by Gasteiger charge is -2.18. The highest BCUT2D eigenvalue weighted by Crippen LogP contribution is 2.16. The maximum atomic E-state index is 12.7. The van der Waals surface area contributed by atoms with Gasteiger partial charge in [0.2, 0.25) is 0 Å². The molecule has 0 heterocycles. The van der Waals surface area contributed by atoms with Crippen molar-refractivity contribution in [3.05, 3.63) is 0 Å². The third kappa shape index (κ3) is 39.6. The average Bonchev–Trinajstić information content (AvgIpc) is 3.12. The molecule has 0 unspecified atom stereocenters. The van der Waals surface area contributed by atoms with E-state index in [1.165, 1.54) is 141 Å². The van der Waals surface area contributed by atoms with Crippen molar-refractivity contribution in [3.63, 3.8) is 0 Å². The first-order valence-electron chi connectivity index (χ1n) is 22.9. The molecule has 0 bridgehead atoms. The summed E-state index contributed by atoms with van der Waals surface area (Å²) >= 11 is 0. The predicted octanol–water partition coefficient (Wildman–Crippen LogP) is 14.3. The van der Waals surface area contributed by atoms with Crippen LogP contribution < -0.4 is 0 Å². The molecular weight excluding hydrogens is 648 g/mol. The number of unbranched alkanes of at least 4 members (excludes halogenated alkanes) is 28. The molecule has 52 heavy (non-hydrogen) atoms. The van der Waals surface area contributed by atoms with E-state index in [1.54, 1.807) is 0 Å². The van der Waals surface area contributed by atoms with Gasteiger partial charge in [-0.05, 0) is 25.2 Å². The summed E-state index contributed by atoms with van der Waals surface area (Å²) in [5.41, 5.74) is 0. The minimum Gasteiger partial charge on any atom is -0.462 e. The zero-order chi connectivity index (χ0) is 38.2. The van der Waals surface area contributed by atoms with E-state index in [0.717, 1.165) is 70.1 Å². The average molecular weight is 737 g/mol. The van der Waals surface area contributed by atoms with Crippen molar-refractivity contribution in [3.8, 4) is 0 Å². The van der Waals surface area contributed by atoms with Gasteiger partial charge in [0.05, 0.1) is 0 Å². The molecule has 0 aliphatic rings. The van der Waals surface area contributed by atoms with Crippen molar-refractivity contribution in [2.45, 2.75) is 259 Å². The second-order valence-corrected chi connectivity index (χ2v) is 16.2. The quantitative estimate of drug-likeness (QED) is 0.0353. The first kappa shape index (κ1) is 50.4. The Hall–Kier alpha value is -1.59. The third-order valence-corrected chi connectivity index (χ3v) is 10.3. The van der Waals surface area contributed by atoms with Crippen LogP contribution in [0.15, 0.2) is 0 Å². The largest absolute Gasteiger partial charge is 0.462 e. The zero-order valence-corrected chi connectivity index (χ0v) is 35.3. The highest BCUT2D eigenvalue weighted by Gasteiger charge is 2.19. The van der Waals surface area contributed by atoms with Crippen molar-refractivity contribution in [2.75, 3.05) is 13.2 Å². The smallest absolute Gasteiger partial charge is 0.306 e. The Kier molecular flexibility index (Phi) is 39.4. The zero-order valence-electron chi connectivity index (χ0n) is 35.3. The van der Waals surface area contributed by atoms with E-state index in [2.05, 4.69) is 27.7 Å². The van der Waals surface area contributed by atoms with Crippen molar-refractivity contribution >= 4 is 17.9 Å². The molecule has 6 nitrogen and oxygen atoms in total. The molecule has 0 aliphatic heterocycles. The molecule has 0 radical (unpaired) electrons. The van der Waals surface area contributed by atoms with Crippen molar-refractivity contribution in [1.82, 2.24) is 0 Å². The van der Waals surface area contributed by atoms with Gasteiger partial charge in [0.25, 0.3) is 0 Å². The highest BCUT2D eigenvalue weighted by molar-refractivity contribution is 5.71. The summed E-state index contributed by atoms with van der Waals surface area (Å²) in [7, 11) is 0. The number of hydrogen-bond acceptors (Lipinski definition) is 6. The van der Waals surface area contributed by atoms with Crippen LogP contribution in [0.1, 0.15) is 252 Å². The molecule has 0 aliphatic carbocycles. The van der Waals surface area contributed by atoms with Crippen LogP contribution in [0.4, 0.5) is 0 Å². The molecule has 308 valence electrons. The molecule has 0 amide bonds. The molecule has 1 atom stereocenters. The monoisotopic (exact) mass is 737 g/mol. The Balaban J connectivity index is 4.17. The van der Waals surface area contributed by atoms with Gasteiger partial charge in [0.1, 0.15) is 13.2 Å². The van der Waals surface area contributed by atoms with Crippen LogP contribution >= 0.6 is 0 Å². The number of carbonyl (C=O) groups is 3. The van der Waals surface area contributed by atoms with Crippen LogP contribution in [0.2, 0.25) is 0 Å². The van der Waals surface area contributed by atoms with Crippen LogP contribution in [0.25, 0.3) is 0 Å². The van der Waals surface area contributed by atoms with E-state index >= 15 is 0 Å². The van der Waals surface area contributed by atoms with Gasteiger partial charge in [-0.25, -0.2) is 0 Å². The summed E-state index contributed by atoms with van der Waals surface area (Å²) in [5, 5.41) is 0. The van der Waals surface area contributed by atoms with Crippen LogP contribution in [-0.4, -0.2) is 37.2 Å². The maximum Gasteiger partial charge on any atom is 0.306 e. The van der Waals surface area contributed by atoms with Gasteiger partial charge in [0, 0.05) is 19.3 Å². The summed E-state index contributed by atoms with van der Waals surface area (Å²) in [6, 6.07) is 0. The molecule has 0 saturated carbocycles. The fourth-order valence-electron chi connectivity index (χ4n) is 6.80. The topological polar surface area (TPSA) is 78.9 Å². The van der Waals surface area contributed by atoms with Crippen molar-refractivity contribution in [2.24, 2.45) is 5.92 Å². The second-order valence-electron chi connectivity index (χ2n) is 16.2. The number of rotatable bonds is 41. The van der Waals surface area contributed by atoms with Gasteiger partial charge >= 0.3 is 17.9 Å². The summed E-state index contributed by atoms with van der Waals surface area (Å²) in [5.74, 6) is -0.0331. The third-order valence-electron chi connectivity index (χ3n) is 10.3. The van der Waals surface area contributed by atoms with E-state index in [4.69, 9.17) is 14.2 Å². The van der Waals surface area contributed by atoms with Crippen LogP contribution in [0.5, 0.6) is 0 Å². The number of carbonyl (C=O) groups excluding carboxylic acids is 3. The lowest BCUT2D eigenvalue weighted by atomic mass is 10.0. The number of esters is 3. The lowest BCUT2D eigenvalue weighted by molar-refractivity contribution is -0.167. The first-order valence-corrected chi connectivity index (χ1v) is 22.9. The fraction of sp³-hybridized carbons (Fsp3) is 0.935. The second kappa shape index (κ2) is 40.6. The molecular formula is C46H88O6. The van der Waals surface area contributed by atoms with Crippen molar-refractivity contribution < 1.29 is 28.6 Å². The van der Waals surface area contributed by atoms with E-state index in [0.29, 0.717) is 19.3 Å². The van der Waals surface area contributed by atoms with E-state index in [9.17, 15) is 14.4 Å². The maximum absolute atomic E-state index is 12.7.